The van der Waals surface area contributed by atoms with Gasteiger partial charge in [-0.25, -0.2) is 18.4 Å². The molecule has 0 radical (unpaired) electrons. The number of nitrogens with zero attached hydrogens (tertiary/aromatic N) is 1. The van der Waals surface area contributed by atoms with Crippen LogP contribution in [-0.4, -0.2) is 35.1 Å². The summed E-state index contributed by atoms with van der Waals surface area (Å²) < 4.78 is 26.9. The number of aromatic carboxylic acids is 1. The van der Waals surface area contributed by atoms with E-state index in [0.29, 0.717) is 12.6 Å². The molecule has 0 heterocycles. The molecule has 5 nitrogen and oxygen atoms in total. The quantitative estimate of drug-likeness (QED) is 0.821. The topological polar surface area (TPSA) is 69.6 Å². The Morgan fingerprint density at radius 3 is 2.43 bits per heavy atom. The van der Waals surface area contributed by atoms with E-state index in [0.717, 1.165) is 11.6 Å². The van der Waals surface area contributed by atoms with Crippen LogP contribution in [0.15, 0.2) is 24.3 Å². The number of hydrogen-bond donors (Lipinski definition) is 2. The van der Waals surface area contributed by atoms with Crippen molar-refractivity contribution in [2.45, 2.75) is 13.8 Å². The zero-order valence-corrected chi connectivity index (χ0v) is 11.7. The minimum Gasteiger partial charge on any atom is -0.478 e. The number of rotatable bonds is 5. The maximum absolute atomic E-state index is 13.6. The zero-order valence-electron chi connectivity index (χ0n) is 11.7. The van der Waals surface area contributed by atoms with Crippen molar-refractivity contribution < 1.29 is 23.5 Å². The summed E-state index contributed by atoms with van der Waals surface area (Å²) >= 11 is 0. The highest BCUT2D eigenvalue weighted by atomic mass is 19.1. The third-order valence-electron chi connectivity index (χ3n) is 2.66. The Morgan fingerprint density at radius 1 is 1.33 bits per heavy atom. The third kappa shape index (κ3) is 4.27. The molecule has 1 aromatic carbocycles. The molecule has 0 saturated carbocycles. The van der Waals surface area contributed by atoms with Crippen molar-refractivity contribution in [3.8, 4) is 0 Å². The van der Waals surface area contributed by atoms with Crippen molar-refractivity contribution in [2.75, 3.05) is 18.4 Å². The van der Waals surface area contributed by atoms with Gasteiger partial charge in [0.05, 0.1) is 11.3 Å². The Hall–Kier alpha value is -2.44. The molecule has 0 bridgehead atoms. The first kappa shape index (κ1) is 16.6. The molecule has 1 aromatic rings. The summed E-state index contributed by atoms with van der Waals surface area (Å²) in [6, 6.07) is 0.551. The van der Waals surface area contributed by atoms with Gasteiger partial charge in [-0.1, -0.05) is 12.2 Å². The highest BCUT2D eigenvalue weighted by Crippen LogP contribution is 2.20. The van der Waals surface area contributed by atoms with Gasteiger partial charge >= 0.3 is 12.0 Å². The average molecular weight is 298 g/mol. The van der Waals surface area contributed by atoms with Gasteiger partial charge in [-0.15, -0.1) is 0 Å². The van der Waals surface area contributed by atoms with Crippen molar-refractivity contribution >= 4 is 17.7 Å². The number of carbonyl (C=O) groups excluding carboxylic acids is 1. The first-order valence-corrected chi connectivity index (χ1v) is 6.18. The van der Waals surface area contributed by atoms with E-state index >= 15 is 0 Å². The molecule has 2 N–H and O–H groups in total. The fraction of sp³-hybridized carbons (Fsp3) is 0.286. The van der Waals surface area contributed by atoms with Crippen LogP contribution in [-0.2, 0) is 0 Å². The fourth-order valence-electron chi connectivity index (χ4n) is 1.66. The van der Waals surface area contributed by atoms with Crippen LogP contribution in [0.3, 0.4) is 0 Å². The van der Waals surface area contributed by atoms with Crippen LogP contribution in [0.2, 0.25) is 0 Å². The van der Waals surface area contributed by atoms with Gasteiger partial charge in [0.15, 0.2) is 0 Å². The number of carbonyl (C=O) groups is 2. The van der Waals surface area contributed by atoms with E-state index in [1.54, 1.807) is 13.8 Å². The number of amides is 2. The van der Waals surface area contributed by atoms with Gasteiger partial charge in [0, 0.05) is 19.2 Å². The van der Waals surface area contributed by atoms with Gasteiger partial charge < -0.3 is 15.3 Å². The van der Waals surface area contributed by atoms with Crippen LogP contribution in [0.1, 0.15) is 24.2 Å². The lowest BCUT2D eigenvalue weighted by Crippen LogP contribution is -2.36. The van der Waals surface area contributed by atoms with E-state index in [9.17, 15) is 18.4 Å². The van der Waals surface area contributed by atoms with E-state index in [1.807, 2.05) is 0 Å². The summed E-state index contributed by atoms with van der Waals surface area (Å²) in [7, 11) is 0. The molecule has 0 unspecified atom stereocenters. The molecule has 0 aromatic heterocycles. The predicted octanol–water partition coefficient (Wildman–Crippen LogP) is 3.09. The van der Waals surface area contributed by atoms with E-state index in [2.05, 4.69) is 11.9 Å². The Balaban J connectivity index is 3.01. The molecule has 114 valence electrons. The van der Waals surface area contributed by atoms with Crippen LogP contribution in [0, 0.1) is 11.6 Å². The number of likely N-dealkylation sites (N-methyl/N-ethyl adjacent to an activating group) is 1. The highest BCUT2D eigenvalue weighted by Gasteiger charge is 2.18. The smallest absolute Gasteiger partial charge is 0.338 e. The number of halogens is 2. The van der Waals surface area contributed by atoms with Crippen LogP contribution in [0.4, 0.5) is 19.3 Å². The molecular formula is C14H16F2N2O3. The van der Waals surface area contributed by atoms with Crippen molar-refractivity contribution in [3.05, 3.63) is 41.5 Å². The van der Waals surface area contributed by atoms with E-state index in [4.69, 9.17) is 5.11 Å². The molecule has 1 rings (SSSR count). The lowest BCUT2D eigenvalue weighted by Gasteiger charge is -2.21. The van der Waals surface area contributed by atoms with Crippen LogP contribution < -0.4 is 5.32 Å². The largest absolute Gasteiger partial charge is 0.478 e. The Bertz CT molecular complexity index is 588. The number of hydrogen-bond acceptors (Lipinski definition) is 2. The molecular weight excluding hydrogens is 282 g/mol. The van der Waals surface area contributed by atoms with Gasteiger partial charge in [0.25, 0.3) is 0 Å². The number of urea groups is 1. The van der Waals surface area contributed by atoms with Crippen LogP contribution in [0.5, 0.6) is 0 Å². The Labute approximate surface area is 120 Å². The average Bonchev–Trinajstić information content (AvgIpc) is 2.38. The minimum atomic E-state index is -1.54. The lowest BCUT2D eigenvalue weighted by molar-refractivity contribution is 0.0691. The summed E-state index contributed by atoms with van der Waals surface area (Å²) in [5.74, 6) is -3.79. The number of anilines is 1. The molecule has 0 aliphatic rings. The van der Waals surface area contributed by atoms with Crippen molar-refractivity contribution in [3.63, 3.8) is 0 Å². The Morgan fingerprint density at radius 2 is 1.95 bits per heavy atom. The number of carboxylic acids is 1. The van der Waals surface area contributed by atoms with Gasteiger partial charge in [-0.2, -0.15) is 0 Å². The zero-order chi connectivity index (χ0) is 16.2. The maximum Gasteiger partial charge on any atom is 0.338 e. The maximum atomic E-state index is 13.6. The highest BCUT2D eigenvalue weighted by molar-refractivity contribution is 5.93. The number of benzene rings is 1. The molecule has 0 saturated heterocycles. The van der Waals surface area contributed by atoms with Crippen molar-refractivity contribution in [1.82, 2.24) is 4.90 Å². The van der Waals surface area contributed by atoms with E-state index in [1.165, 1.54) is 4.90 Å². The fourth-order valence-corrected chi connectivity index (χ4v) is 1.66. The summed E-state index contributed by atoms with van der Waals surface area (Å²) in [5, 5.41) is 11.0. The van der Waals surface area contributed by atoms with Gasteiger partial charge in [0.1, 0.15) is 11.6 Å². The number of nitrogens with one attached hydrogen (secondary N) is 1. The first-order chi connectivity index (χ1) is 9.76. The van der Waals surface area contributed by atoms with Gasteiger partial charge in [0.2, 0.25) is 0 Å². The van der Waals surface area contributed by atoms with Crippen molar-refractivity contribution in [1.29, 1.82) is 0 Å². The molecule has 2 amide bonds. The second-order valence-corrected chi connectivity index (χ2v) is 4.52. The molecule has 7 heteroatoms. The summed E-state index contributed by atoms with van der Waals surface area (Å²) in [6.45, 7) is 7.77. The molecule has 0 fully saturated rings. The van der Waals surface area contributed by atoms with Gasteiger partial charge in [-0.3, -0.25) is 0 Å². The normalized spacial score (nSPS) is 10.1. The molecule has 0 aliphatic carbocycles. The van der Waals surface area contributed by atoms with Crippen LogP contribution >= 0.6 is 0 Å². The third-order valence-corrected chi connectivity index (χ3v) is 2.66. The lowest BCUT2D eigenvalue weighted by atomic mass is 10.2. The standard InChI is InChI=1S/C14H16F2N2O3/c1-4-18(7-8(2)3)14(21)17-12-5-9(13(19)20)10(15)6-11(12)16/h5-6H,2,4,7H2,1,3H3,(H,17,21)(H,19,20). The summed E-state index contributed by atoms with van der Waals surface area (Å²) in [5.41, 5.74) is -0.369. The second-order valence-electron chi connectivity index (χ2n) is 4.52. The van der Waals surface area contributed by atoms with Crippen LogP contribution in [0.25, 0.3) is 0 Å². The molecule has 21 heavy (non-hydrogen) atoms. The first-order valence-electron chi connectivity index (χ1n) is 6.18. The SMILES string of the molecule is C=C(C)CN(CC)C(=O)Nc1cc(C(=O)O)c(F)cc1F. The van der Waals surface area contributed by atoms with Crippen molar-refractivity contribution in [2.24, 2.45) is 0 Å². The summed E-state index contributed by atoms with van der Waals surface area (Å²) in [4.78, 5) is 24.1. The summed E-state index contributed by atoms with van der Waals surface area (Å²) in [6.07, 6.45) is 0. The van der Waals surface area contributed by atoms with Gasteiger partial charge in [-0.05, 0) is 19.9 Å². The Kier molecular flexibility index (Phi) is 5.40. The molecule has 0 aliphatic heterocycles. The monoisotopic (exact) mass is 298 g/mol. The molecule has 0 spiro atoms. The number of carboxylic acid groups (broad SMARTS) is 1. The van der Waals surface area contributed by atoms with E-state index in [-0.39, 0.29) is 12.2 Å². The predicted molar refractivity (Wildman–Crippen MR) is 74.4 cm³/mol. The minimum absolute atomic E-state index is 0.275. The van der Waals surface area contributed by atoms with E-state index < -0.39 is 29.2 Å². The molecule has 0 atom stereocenters. The second kappa shape index (κ2) is 6.83.